The highest BCUT2D eigenvalue weighted by Crippen LogP contribution is 2.56. The highest BCUT2D eigenvalue weighted by atomic mass is 32.2. The van der Waals surface area contributed by atoms with E-state index in [9.17, 15) is 0 Å². The average Bonchev–Trinajstić information content (AvgIpc) is 3.20. The van der Waals surface area contributed by atoms with Gasteiger partial charge in [0.1, 0.15) is 0 Å². The predicted molar refractivity (Wildman–Crippen MR) is 220 cm³/mol. The lowest BCUT2D eigenvalue weighted by molar-refractivity contribution is 1.15. The molecule has 5 heteroatoms. The molecule has 51 heavy (non-hydrogen) atoms. The second-order valence-corrected chi connectivity index (χ2v) is 14.7. The first-order chi connectivity index (χ1) is 25.3. The zero-order valence-corrected chi connectivity index (χ0v) is 28.6. The molecule has 0 saturated heterocycles. The molecule has 0 spiro atoms. The van der Waals surface area contributed by atoms with Gasteiger partial charge in [-0.2, -0.15) is 0 Å². The van der Waals surface area contributed by atoms with Crippen molar-refractivity contribution < 1.29 is 0 Å². The molecule has 0 N–H and O–H groups in total. The van der Waals surface area contributed by atoms with E-state index in [-0.39, 0.29) is 13.4 Å². The Labute approximate surface area is 303 Å². The molecule has 0 atom stereocenters. The number of para-hydroxylation sites is 3. The Morgan fingerprint density at radius 1 is 0.412 bits per heavy atom. The summed E-state index contributed by atoms with van der Waals surface area (Å²) in [5, 5.41) is 2.48. The second kappa shape index (κ2) is 11.3. The molecule has 0 radical (unpaired) electrons. The molecule has 11 rings (SSSR count). The van der Waals surface area contributed by atoms with E-state index in [1.54, 1.807) is 0 Å². The summed E-state index contributed by atoms with van der Waals surface area (Å²) in [5.74, 6) is 0. The van der Waals surface area contributed by atoms with Gasteiger partial charge in [-0.1, -0.05) is 173 Å². The molecule has 3 aliphatic rings. The second-order valence-electron chi connectivity index (χ2n) is 13.6. The molecule has 0 bridgehead atoms. The minimum Gasteiger partial charge on any atom is -0.310 e. The molecule has 8 aromatic carbocycles. The zero-order valence-electron chi connectivity index (χ0n) is 27.8. The molecule has 0 unspecified atom stereocenters. The van der Waals surface area contributed by atoms with Crippen molar-refractivity contribution in [1.82, 2.24) is 0 Å². The van der Waals surface area contributed by atoms with Gasteiger partial charge in [-0.05, 0) is 58.8 Å². The number of nitrogens with zero attached hydrogens (tertiary/aromatic N) is 2. The summed E-state index contributed by atoms with van der Waals surface area (Å²) in [7, 11) is 0. The monoisotopic (exact) mass is 664 g/mol. The lowest BCUT2D eigenvalue weighted by Gasteiger charge is -2.45. The Morgan fingerprint density at radius 3 is 1.84 bits per heavy atom. The fourth-order valence-electron chi connectivity index (χ4n) is 8.92. The Morgan fingerprint density at radius 2 is 1.02 bits per heavy atom. The lowest BCUT2D eigenvalue weighted by atomic mass is 9.20. The summed E-state index contributed by atoms with van der Waals surface area (Å²) >= 11 is 1.91. The van der Waals surface area contributed by atoms with Gasteiger partial charge in [-0.15, -0.1) is 0 Å². The van der Waals surface area contributed by atoms with Gasteiger partial charge in [0.25, 0.3) is 0 Å². The quantitative estimate of drug-likeness (QED) is 0.178. The van der Waals surface area contributed by atoms with E-state index in [1.165, 1.54) is 87.5 Å². The third-order valence-corrected chi connectivity index (χ3v) is 12.1. The van der Waals surface area contributed by atoms with E-state index in [4.69, 9.17) is 0 Å². The van der Waals surface area contributed by atoms with Crippen molar-refractivity contribution in [2.45, 2.75) is 9.79 Å². The summed E-state index contributed by atoms with van der Waals surface area (Å²) in [4.78, 5) is 7.65. The summed E-state index contributed by atoms with van der Waals surface area (Å²) in [6.45, 7) is 0.188. The summed E-state index contributed by atoms with van der Waals surface area (Å²) in [6.07, 6.45) is 0. The van der Waals surface area contributed by atoms with Crippen LogP contribution in [0.15, 0.2) is 192 Å². The van der Waals surface area contributed by atoms with Gasteiger partial charge in [0.2, 0.25) is 13.4 Å². The normalized spacial score (nSPS) is 13.6. The molecule has 0 aromatic heterocycles. The average molecular weight is 664 g/mol. The van der Waals surface area contributed by atoms with E-state index in [2.05, 4.69) is 192 Å². The van der Waals surface area contributed by atoms with Crippen molar-refractivity contribution in [1.29, 1.82) is 0 Å². The molecule has 0 saturated carbocycles. The van der Waals surface area contributed by atoms with Crippen molar-refractivity contribution >= 4 is 103 Å². The van der Waals surface area contributed by atoms with Crippen molar-refractivity contribution in [3.63, 3.8) is 0 Å². The molecule has 0 aliphatic carbocycles. The summed E-state index contributed by atoms with van der Waals surface area (Å²) in [5.41, 5.74) is 15.6. The molecule has 236 valence electrons. The first kappa shape index (κ1) is 28.9. The molecule has 2 nitrogen and oxygen atoms in total. The van der Waals surface area contributed by atoms with E-state index < -0.39 is 0 Å². The van der Waals surface area contributed by atoms with Gasteiger partial charge in [0.15, 0.2) is 0 Å². The third-order valence-electron chi connectivity index (χ3n) is 10.9. The van der Waals surface area contributed by atoms with E-state index in [0.29, 0.717) is 0 Å². The summed E-state index contributed by atoms with van der Waals surface area (Å²) < 4.78 is 0. The standard InChI is InChI=1S/C46H30B2N2S/c1-3-18-32(19-4-1)47-35-23-9-10-24-36(35)48-37-25-11-12-26-40(37)49(33-20-5-2-6-21-33)45-44(48)38(47)30-42-46(45)51-43-29-14-13-27-41(43)50(42)39-28-15-17-31-16-7-8-22-34(31)39/h1-30H. The van der Waals surface area contributed by atoms with Gasteiger partial charge < -0.3 is 9.80 Å². The smallest absolute Gasteiger partial charge is 0.245 e. The number of rotatable bonds is 3. The van der Waals surface area contributed by atoms with E-state index in [1.807, 2.05) is 11.8 Å². The third kappa shape index (κ3) is 4.22. The van der Waals surface area contributed by atoms with Crippen LogP contribution in [0.4, 0.5) is 34.1 Å². The number of anilines is 6. The SMILES string of the molecule is c1ccc(B2c3ccccc3B3c4ccccc4N(c4ccccc4)c4c5c(cc2c43)N(c2cccc3ccccc23)c2ccccc2S5)cc1. The van der Waals surface area contributed by atoms with Gasteiger partial charge >= 0.3 is 0 Å². The van der Waals surface area contributed by atoms with Gasteiger partial charge in [-0.25, -0.2) is 0 Å². The molecule has 8 aromatic rings. The van der Waals surface area contributed by atoms with Crippen LogP contribution in [0, 0.1) is 0 Å². The molecular weight excluding hydrogens is 634 g/mol. The minimum atomic E-state index is 0.0807. The predicted octanol–water partition coefficient (Wildman–Crippen LogP) is 7.90. The number of fused-ring (bicyclic) bond motifs is 8. The fourth-order valence-corrected chi connectivity index (χ4v) is 10.1. The van der Waals surface area contributed by atoms with Gasteiger partial charge in [0.05, 0.1) is 27.6 Å². The fraction of sp³-hybridized carbons (Fsp3) is 0. The first-order valence-corrected chi connectivity index (χ1v) is 18.5. The van der Waals surface area contributed by atoms with E-state index >= 15 is 0 Å². The maximum absolute atomic E-state index is 2.56. The lowest BCUT2D eigenvalue weighted by Crippen LogP contribution is -2.76. The van der Waals surface area contributed by atoms with Crippen molar-refractivity contribution in [2.24, 2.45) is 0 Å². The topological polar surface area (TPSA) is 6.48 Å². The van der Waals surface area contributed by atoms with Crippen LogP contribution < -0.4 is 42.6 Å². The molecule has 0 fully saturated rings. The van der Waals surface area contributed by atoms with Crippen LogP contribution in [-0.2, 0) is 0 Å². The number of benzene rings is 8. The van der Waals surface area contributed by atoms with Gasteiger partial charge in [0, 0.05) is 21.7 Å². The Balaban J connectivity index is 1.32. The van der Waals surface area contributed by atoms with Crippen LogP contribution in [0.25, 0.3) is 10.8 Å². The molecule has 3 aliphatic heterocycles. The highest BCUT2D eigenvalue weighted by Gasteiger charge is 2.47. The first-order valence-electron chi connectivity index (χ1n) is 17.7. The van der Waals surface area contributed by atoms with Crippen molar-refractivity contribution in [3.05, 3.63) is 182 Å². The number of hydrogen-bond acceptors (Lipinski definition) is 3. The maximum Gasteiger partial charge on any atom is 0.245 e. The van der Waals surface area contributed by atoms with E-state index in [0.717, 1.165) is 0 Å². The van der Waals surface area contributed by atoms with Crippen molar-refractivity contribution in [2.75, 3.05) is 9.80 Å². The maximum atomic E-state index is 2.56. The van der Waals surface area contributed by atoms with Crippen LogP contribution in [0.3, 0.4) is 0 Å². The zero-order chi connectivity index (χ0) is 33.5. The van der Waals surface area contributed by atoms with Crippen molar-refractivity contribution in [3.8, 4) is 0 Å². The Bertz CT molecular complexity index is 2640. The van der Waals surface area contributed by atoms with Crippen LogP contribution in [-0.4, -0.2) is 13.4 Å². The molecule has 3 heterocycles. The highest BCUT2D eigenvalue weighted by molar-refractivity contribution is 8.00. The van der Waals surface area contributed by atoms with Crippen LogP contribution in [0.2, 0.25) is 0 Å². The van der Waals surface area contributed by atoms with Crippen LogP contribution >= 0.6 is 11.8 Å². The van der Waals surface area contributed by atoms with Crippen LogP contribution in [0.1, 0.15) is 0 Å². The van der Waals surface area contributed by atoms with Gasteiger partial charge in [-0.3, -0.25) is 0 Å². The summed E-state index contributed by atoms with van der Waals surface area (Å²) in [6, 6.07) is 67.4. The molecule has 0 amide bonds. The Kier molecular flexibility index (Phi) is 6.41. The minimum absolute atomic E-state index is 0.0807. The number of hydrogen-bond donors (Lipinski definition) is 0. The molecular formula is C46H30B2N2S. The van der Waals surface area contributed by atoms with Crippen LogP contribution in [0.5, 0.6) is 0 Å². The largest absolute Gasteiger partial charge is 0.310 e. The Hall–Kier alpha value is -5.90.